The normalized spacial score (nSPS) is 11.4. The average Bonchev–Trinajstić information content (AvgIpc) is 1.65. The summed E-state index contributed by atoms with van der Waals surface area (Å²) in [5.74, 6) is -0.812. The van der Waals surface area contributed by atoms with Crippen LogP contribution in [0.3, 0.4) is 0 Å². The number of rotatable bonds is 1. The summed E-state index contributed by atoms with van der Waals surface area (Å²) in [6.45, 7) is 1.59. The molecule has 40 valence electrons. The predicted octanol–water partition coefficient (Wildman–Crippen LogP) is -0.392. The SMILES string of the molecule is CC(=[CH][SbH2])C(=O)O. The predicted molar refractivity (Wildman–Crippen MR) is 29.9 cm³/mol. The molecule has 0 aliphatic rings. The third kappa shape index (κ3) is 2.69. The van der Waals surface area contributed by atoms with Gasteiger partial charge in [-0.05, 0) is 0 Å². The monoisotopic (exact) mass is 208 g/mol. The zero-order valence-electron chi connectivity index (χ0n) is 4.01. The van der Waals surface area contributed by atoms with E-state index in [0.29, 0.717) is 5.57 Å². The minimum absolute atomic E-state index is 0.447. The van der Waals surface area contributed by atoms with Crippen molar-refractivity contribution in [3.8, 4) is 0 Å². The van der Waals surface area contributed by atoms with Gasteiger partial charge < -0.3 is 0 Å². The quantitative estimate of drug-likeness (QED) is 0.471. The van der Waals surface area contributed by atoms with Gasteiger partial charge in [-0.25, -0.2) is 0 Å². The molecule has 0 unspecified atom stereocenters. The van der Waals surface area contributed by atoms with Gasteiger partial charge in [-0.15, -0.1) is 0 Å². The van der Waals surface area contributed by atoms with Crippen LogP contribution in [0.4, 0.5) is 0 Å². The molecule has 1 N–H and O–H groups in total. The third-order valence-corrected chi connectivity index (χ3v) is 2.01. The van der Waals surface area contributed by atoms with E-state index >= 15 is 0 Å². The number of carbonyl (C=O) groups is 1. The van der Waals surface area contributed by atoms with Crippen LogP contribution < -0.4 is 0 Å². The molecule has 0 atom stereocenters. The van der Waals surface area contributed by atoms with E-state index in [1.165, 1.54) is 0 Å². The average molecular weight is 209 g/mol. The first-order valence-electron chi connectivity index (χ1n) is 1.80. The Labute approximate surface area is 55.7 Å². The maximum atomic E-state index is 9.88. The molecule has 0 aliphatic heterocycles. The maximum absolute atomic E-state index is 9.88. The second-order valence-corrected chi connectivity index (χ2v) is 2.11. The van der Waals surface area contributed by atoms with Crippen LogP contribution in [0.25, 0.3) is 0 Å². The first kappa shape index (κ1) is 7.03. The third-order valence-electron chi connectivity index (χ3n) is 0.587. The van der Waals surface area contributed by atoms with Crippen LogP contribution in [0.5, 0.6) is 0 Å². The molecule has 0 aliphatic carbocycles. The molecule has 0 spiro atoms. The van der Waals surface area contributed by atoms with Gasteiger partial charge in [0.25, 0.3) is 0 Å². The van der Waals surface area contributed by atoms with Crippen LogP contribution in [-0.4, -0.2) is 34.1 Å². The summed E-state index contributed by atoms with van der Waals surface area (Å²) in [6.07, 6.45) is 0. The molecular formula is C4H7O2Sb. The molecule has 0 saturated heterocycles. The van der Waals surface area contributed by atoms with Gasteiger partial charge >= 0.3 is 55.4 Å². The van der Waals surface area contributed by atoms with E-state index in [1.807, 2.05) is 0 Å². The van der Waals surface area contributed by atoms with Crippen molar-refractivity contribution in [1.29, 1.82) is 0 Å². The molecule has 0 radical (unpaired) electrons. The van der Waals surface area contributed by atoms with Crippen molar-refractivity contribution in [3.05, 3.63) is 9.60 Å². The van der Waals surface area contributed by atoms with E-state index in [4.69, 9.17) is 5.11 Å². The first-order valence-corrected chi connectivity index (χ1v) is 3.70. The number of carboxylic acids is 1. The first-order chi connectivity index (χ1) is 3.18. The van der Waals surface area contributed by atoms with Crippen molar-refractivity contribution in [1.82, 2.24) is 0 Å². The van der Waals surface area contributed by atoms with E-state index in [-0.39, 0.29) is 0 Å². The number of hydrogen-bond acceptors (Lipinski definition) is 1. The van der Waals surface area contributed by atoms with E-state index in [2.05, 4.69) is 0 Å². The minimum atomic E-state index is -0.812. The van der Waals surface area contributed by atoms with Crippen molar-refractivity contribution in [2.45, 2.75) is 6.92 Å². The van der Waals surface area contributed by atoms with Crippen LogP contribution in [0.2, 0.25) is 0 Å². The summed E-state index contributed by atoms with van der Waals surface area (Å²) in [4.78, 5) is 9.88. The number of carboxylic acid groups (broad SMARTS) is 1. The van der Waals surface area contributed by atoms with Gasteiger partial charge in [-0.3, -0.25) is 0 Å². The molecule has 0 aromatic carbocycles. The molecule has 0 fully saturated rings. The van der Waals surface area contributed by atoms with Crippen LogP contribution in [0, 0.1) is 0 Å². The molecule has 0 aromatic rings. The summed E-state index contributed by atoms with van der Waals surface area (Å²) in [7, 11) is 0. The second kappa shape index (κ2) is 3.09. The summed E-state index contributed by atoms with van der Waals surface area (Å²) in [6, 6.07) is 0. The Balaban J connectivity index is 3.82. The topological polar surface area (TPSA) is 37.3 Å². The molecule has 0 bridgehead atoms. The summed E-state index contributed by atoms with van der Waals surface area (Å²) in [5, 5.41) is 8.13. The van der Waals surface area contributed by atoms with Gasteiger partial charge in [0.05, 0.1) is 0 Å². The zero-order chi connectivity index (χ0) is 5.86. The Morgan fingerprint density at radius 1 is 1.86 bits per heavy atom. The van der Waals surface area contributed by atoms with Gasteiger partial charge in [0.1, 0.15) is 0 Å². The molecule has 0 heterocycles. The molecule has 0 saturated carbocycles. The summed E-state index contributed by atoms with van der Waals surface area (Å²) >= 11 is 0.883. The number of aliphatic carboxylic acids is 1. The molecule has 0 rings (SSSR count). The molecule has 2 nitrogen and oxygen atoms in total. The molecule has 3 heteroatoms. The fourth-order valence-corrected chi connectivity index (χ4v) is 0.478. The van der Waals surface area contributed by atoms with Crippen molar-refractivity contribution in [3.63, 3.8) is 0 Å². The van der Waals surface area contributed by atoms with Crippen molar-refractivity contribution in [2.24, 2.45) is 0 Å². The van der Waals surface area contributed by atoms with E-state index in [0.717, 1.165) is 23.0 Å². The van der Waals surface area contributed by atoms with Crippen molar-refractivity contribution >= 4 is 29.0 Å². The van der Waals surface area contributed by atoms with E-state index in [9.17, 15) is 4.79 Å². The standard InChI is InChI=1S/C4H5O2.Sb.2H/c1-3(2)4(5)6;;;/h1H,2H3,(H,5,6);;;. The fourth-order valence-electron chi connectivity index (χ4n) is 0.0713. The molecule has 0 aromatic heterocycles. The Morgan fingerprint density at radius 2 is 2.29 bits per heavy atom. The van der Waals surface area contributed by atoms with E-state index < -0.39 is 5.97 Å². The number of hydrogen-bond donors (Lipinski definition) is 1. The van der Waals surface area contributed by atoms with Gasteiger partial charge in [-0.2, -0.15) is 0 Å². The summed E-state index contributed by atoms with van der Waals surface area (Å²) in [5.41, 5.74) is 0.447. The van der Waals surface area contributed by atoms with Gasteiger partial charge in [0.2, 0.25) is 0 Å². The zero-order valence-corrected chi connectivity index (χ0v) is 7.31. The second-order valence-electron chi connectivity index (χ2n) is 1.15. The van der Waals surface area contributed by atoms with Gasteiger partial charge in [0.15, 0.2) is 0 Å². The van der Waals surface area contributed by atoms with Crippen LogP contribution in [0.1, 0.15) is 6.92 Å². The molecule has 0 amide bonds. The summed E-state index contributed by atoms with van der Waals surface area (Å²) < 4.78 is 1.69. The van der Waals surface area contributed by atoms with Crippen LogP contribution in [0.15, 0.2) is 9.60 Å². The fraction of sp³-hybridized carbons (Fsp3) is 0.250. The van der Waals surface area contributed by atoms with E-state index in [1.54, 1.807) is 10.9 Å². The van der Waals surface area contributed by atoms with Crippen LogP contribution >= 0.6 is 0 Å². The van der Waals surface area contributed by atoms with Crippen LogP contribution in [-0.2, 0) is 4.79 Å². The van der Waals surface area contributed by atoms with Gasteiger partial charge in [-0.1, -0.05) is 0 Å². The Kier molecular flexibility index (Phi) is 3.10. The molecule has 7 heavy (non-hydrogen) atoms. The Morgan fingerprint density at radius 3 is 2.29 bits per heavy atom. The van der Waals surface area contributed by atoms with Gasteiger partial charge in [0, 0.05) is 0 Å². The Hall–Kier alpha value is 0.0282. The van der Waals surface area contributed by atoms with Crippen molar-refractivity contribution in [2.75, 3.05) is 0 Å². The van der Waals surface area contributed by atoms with Crippen molar-refractivity contribution < 1.29 is 9.90 Å². The molecular weight excluding hydrogens is 202 g/mol. The Bertz CT molecular complexity index is 106.